The normalized spacial score (nSPS) is 15.3. The minimum absolute atomic E-state index is 0.333. The average Bonchev–Trinajstić information content (AvgIpc) is 2.50. The maximum absolute atomic E-state index is 12.2. The summed E-state index contributed by atoms with van der Waals surface area (Å²) in [5.74, 6) is -4.37. The van der Waals surface area contributed by atoms with Gasteiger partial charge in [-0.05, 0) is 19.8 Å². The number of aliphatic carboxylic acids is 1. The quantitative estimate of drug-likeness (QED) is 0.242. The summed E-state index contributed by atoms with van der Waals surface area (Å²) in [5.41, 5.74) is 10.4. The van der Waals surface area contributed by atoms with Crippen LogP contribution in [0.25, 0.3) is 0 Å². The standard InChI is InChI=1S/C15H27N5O6/c1-6(2)11(14(24)19-8(4)15(25)26)20-12(22)7(3)18-13(23)9(16)5-10(17)21/h6-9,11H,5,16H2,1-4H3,(H2,17,21)(H,18,23)(H,19,24)(H,20,22)(H,25,26). The number of hydrogen-bond donors (Lipinski definition) is 6. The molecule has 26 heavy (non-hydrogen) atoms. The Bertz CT molecular complexity index is 565. The predicted molar refractivity (Wildman–Crippen MR) is 91.4 cm³/mol. The molecule has 0 rings (SSSR count). The highest BCUT2D eigenvalue weighted by Crippen LogP contribution is 2.03. The second-order valence-electron chi connectivity index (χ2n) is 6.31. The Balaban J connectivity index is 4.84. The van der Waals surface area contributed by atoms with E-state index in [1.54, 1.807) is 13.8 Å². The summed E-state index contributed by atoms with van der Waals surface area (Å²) in [6.07, 6.45) is -0.371. The summed E-state index contributed by atoms with van der Waals surface area (Å²) < 4.78 is 0. The van der Waals surface area contributed by atoms with E-state index in [1.165, 1.54) is 13.8 Å². The molecule has 0 aliphatic carbocycles. The van der Waals surface area contributed by atoms with Crippen LogP contribution in [0.1, 0.15) is 34.1 Å². The third-order valence-electron chi connectivity index (χ3n) is 3.49. The van der Waals surface area contributed by atoms with E-state index >= 15 is 0 Å². The van der Waals surface area contributed by atoms with E-state index in [-0.39, 0.29) is 12.3 Å². The third kappa shape index (κ3) is 7.92. The molecular formula is C15H27N5O6. The number of carboxylic acid groups (broad SMARTS) is 1. The van der Waals surface area contributed by atoms with E-state index in [1.807, 2.05) is 0 Å². The van der Waals surface area contributed by atoms with Gasteiger partial charge in [0.15, 0.2) is 0 Å². The maximum Gasteiger partial charge on any atom is 0.325 e. The number of nitrogens with one attached hydrogen (secondary N) is 3. The van der Waals surface area contributed by atoms with E-state index in [9.17, 15) is 24.0 Å². The fraction of sp³-hybridized carbons (Fsp3) is 0.667. The van der Waals surface area contributed by atoms with Crippen molar-refractivity contribution in [3.63, 3.8) is 0 Å². The predicted octanol–water partition coefficient (Wildman–Crippen LogP) is -2.58. The van der Waals surface area contributed by atoms with E-state index < -0.39 is 53.8 Å². The van der Waals surface area contributed by atoms with Crippen LogP contribution in [0.2, 0.25) is 0 Å². The van der Waals surface area contributed by atoms with Crippen molar-refractivity contribution in [3.8, 4) is 0 Å². The third-order valence-corrected chi connectivity index (χ3v) is 3.49. The van der Waals surface area contributed by atoms with Crippen LogP contribution in [0.5, 0.6) is 0 Å². The molecule has 0 saturated heterocycles. The molecule has 0 aliphatic rings. The van der Waals surface area contributed by atoms with Crippen LogP contribution >= 0.6 is 0 Å². The largest absolute Gasteiger partial charge is 0.480 e. The van der Waals surface area contributed by atoms with Gasteiger partial charge < -0.3 is 32.5 Å². The molecule has 0 saturated carbocycles. The molecule has 0 aromatic heterocycles. The van der Waals surface area contributed by atoms with Crippen molar-refractivity contribution in [3.05, 3.63) is 0 Å². The fourth-order valence-corrected chi connectivity index (χ4v) is 1.87. The topological polar surface area (TPSA) is 194 Å². The first-order valence-electron chi connectivity index (χ1n) is 8.04. The van der Waals surface area contributed by atoms with E-state index in [0.717, 1.165) is 0 Å². The molecule has 0 aliphatic heterocycles. The number of hydrogen-bond acceptors (Lipinski definition) is 6. The zero-order chi connectivity index (χ0) is 20.6. The van der Waals surface area contributed by atoms with Crippen molar-refractivity contribution in [1.29, 1.82) is 0 Å². The Kier molecular flexibility index (Phi) is 9.27. The first-order chi connectivity index (χ1) is 11.9. The molecule has 0 bridgehead atoms. The highest BCUT2D eigenvalue weighted by Gasteiger charge is 2.29. The van der Waals surface area contributed by atoms with Gasteiger partial charge in [0.05, 0.1) is 12.5 Å². The van der Waals surface area contributed by atoms with E-state index in [4.69, 9.17) is 16.6 Å². The van der Waals surface area contributed by atoms with E-state index in [0.29, 0.717) is 0 Å². The molecule has 148 valence electrons. The van der Waals surface area contributed by atoms with Gasteiger partial charge in [0, 0.05) is 0 Å². The van der Waals surface area contributed by atoms with Crippen molar-refractivity contribution in [2.24, 2.45) is 17.4 Å². The second-order valence-corrected chi connectivity index (χ2v) is 6.31. The summed E-state index contributed by atoms with van der Waals surface area (Å²) in [6.45, 7) is 6.01. The van der Waals surface area contributed by atoms with Gasteiger partial charge in [-0.2, -0.15) is 0 Å². The maximum atomic E-state index is 12.2. The monoisotopic (exact) mass is 373 g/mol. The molecule has 11 nitrogen and oxygen atoms in total. The molecule has 0 aromatic rings. The van der Waals surface area contributed by atoms with Gasteiger partial charge in [-0.3, -0.25) is 24.0 Å². The Labute approximate surface area is 151 Å². The van der Waals surface area contributed by atoms with Gasteiger partial charge in [-0.1, -0.05) is 13.8 Å². The summed E-state index contributed by atoms with van der Waals surface area (Å²) in [5, 5.41) is 15.9. The Hall–Kier alpha value is -2.69. The molecule has 4 amide bonds. The van der Waals surface area contributed by atoms with Gasteiger partial charge in [0.1, 0.15) is 18.1 Å². The number of primary amides is 1. The molecule has 4 unspecified atom stereocenters. The Morgan fingerprint density at radius 2 is 1.35 bits per heavy atom. The first kappa shape index (κ1) is 23.3. The van der Waals surface area contributed by atoms with Gasteiger partial charge in [0.25, 0.3) is 0 Å². The first-order valence-corrected chi connectivity index (χ1v) is 8.04. The van der Waals surface area contributed by atoms with Gasteiger partial charge in [0.2, 0.25) is 23.6 Å². The summed E-state index contributed by atoms with van der Waals surface area (Å²) in [6, 6.07) is -4.34. The smallest absolute Gasteiger partial charge is 0.325 e. The van der Waals surface area contributed by atoms with Crippen molar-refractivity contribution in [2.75, 3.05) is 0 Å². The van der Waals surface area contributed by atoms with Crippen LogP contribution in [0.15, 0.2) is 0 Å². The minimum Gasteiger partial charge on any atom is -0.480 e. The number of carbonyl (C=O) groups is 5. The van der Waals surface area contributed by atoms with Crippen LogP contribution in [0.4, 0.5) is 0 Å². The molecule has 11 heteroatoms. The molecule has 4 atom stereocenters. The highest BCUT2D eigenvalue weighted by molar-refractivity contribution is 5.94. The number of carboxylic acids is 1. The molecule has 0 spiro atoms. The lowest BCUT2D eigenvalue weighted by atomic mass is 10.0. The van der Waals surface area contributed by atoms with Crippen LogP contribution < -0.4 is 27.4 Å². The van der Waals surface area contributed by atoms with Crippen molar-refractivity contribution < 1.29 is 29.1 Å². The van der Waals surface area contributed by atoms with Crippen molar-refractivity contribution >= 4 is 29.6 Å². The molecule has 0 heterocycles. The SMILES string of the molecule is CC(NC(=O)C(NC(=O)C(C)NC(=O)C(N)CC(N)=O)C(C)C)C(=O)O. The lowest BCUT2D eigenvalue weighted by Gasteiger charge is -2.25. The molecule has 0 fully saturated rings. The fourth-order valence-electron chi connectivity index (χ4n) is 1.87. The lowest BCUT2D eigenvalue weighted by molar-refractivity contribution is -0.142. The number of rotatable bonds is 10. The van der Waals surface area contributed by atoms with Crippen molar-refractivity contribution in [2.45, 2.75) is 58.3 Å². The molecule has 0 aromatic carbocycles. The summed E-state index contributed by atoms with van der Waals surface area (Å²) in [4.78, 5) is 57.8. The lowest BCUT2D eigenvalue weighted by Crippen LogP contribution is -2.57. The van der Waals surface area contributed by atoms with Crippen molar-refractivity contribution in [1.82, 2.24) is 16.0 Å². The summed E-state index contributed by atoms with van der Waals surface area (Å²) in [7, 11) is 0. The average molecular weight is 373 g/mol. The van der Waals surface area contributed by atoms with Gasteiger partial charge in [-0.15, -0.1) is 0 Å². The van der Waals surface area contributed by atoms with E-state index in [2.05, 4.69) is 16.0 Å². The van der Waals surface area contributed by atoms with Gasteiger partial charge in [-0.25, -0.2) is 0 Å². The number of nitrogens with two attached hydrogens (primary N) is 2. The van der Waals surface area contributed by atoms with Crippen LogP contribution in [-0.4, -0.2) is 58.9 Å². The highest BCUT2D eigenvalue weighted by atomic mass is 16.4. The number of carbonyl (C=O) groups excluding carboxylic acids is 4. The zero-order valence-electron chi connectivity index (χ0n) is 15.2. The molecular weight excluding hydrogens is 346 g/mol. The minimum atomic E-state index is -1.21. The second kappa shape index (κ2) is 10.3. The number of amides is 4. The molecule has 8 N–H and O–H groups in total. The van der Waals surface area contributed by atoms with Crippen LogP contribution in [-0.2, 0) is 24.0 Å². The van der Waals surface area contributed by atoms with Gasteiger partial charge >= 0.3 is 5.97 Å². The zero-order valence-corrected chi connectivity index (χ0v) is 15.2. The van der Waals surface area contributed by atoms with Crippen LogP contribution in [0.3, 0.4) is 0 Å². The Morgan fingerprint density at radius 1 is 0.846 bits per heavy atom. The summed E-state index contributed by atoms with van der Waals surface area (Å²) >= 11 is 0. The Morgan fingerprint density at radius 3 is 1.77 bits per heavy atom. The van der Waals surface area contributed by atoms with Crippen LogP contribution in [0, 0.1) is 5.92 Å². The molecule has 0 radical (unpaired) electrons.